The smallest absolute Gasteiger partial charge is 0.307 e. The third-order valence-corrected chi connectivity index (χ3v) is 4.71. The Kier molecular flexibility index (Phi) is 4.05. The van der Waals surface area contributed by atoms with Crippen LogP contribution in [0.1, 0.15) is 5.56 Å². The number of benzene rings is 4. The second-order valence-electron chi connectivity index (χ2n) is 6.28. The third kappa shape index (κ3) is 2.78. The molecule has 0 radical (unpaired) electrons. The Morgan fingerprint density at radius 2 is 1.69 bits per heavy atom. The van der Waals surface area contributed by atoms with Crippen LogP contribution < -0.4 is 4.74 Å². The molecular formula is C23H18O3. The summed E-state index contributed by atoms with van der Waals surface area (Å²) in [4.78, 5) is 11.4. The van der Waals surface area contributed by atoms with Crippen molar-refractivity contribution in [2.45, 2.75) is 6.42 Å². The van der Waals surface area contributed by atoms with E-state index in [1.807, 2.05) is 54.6 Å². The number of hydrogen-bond donors (Lipinski definition) is 1. The fourth-order valence-corrected chi connectivity index (χ4v) is 3.55. The summed E-state index contributed by atoms with van der Waals surface area (Å²) in [7, 11) is 1.65. The molecule has 4 aromatic rings. The van der Waals surface area contributed by atoms with E-state index in [0.717, 1.165) is 44.0 Å². The first-order chi connectivity index (χ1) is 12.7. The first-order valence-electron chi connectivity index (χ1n) is 8.47. The van der Waals surface area contributed by atoms with E-state index in [0.29, 0.717) is 0 Å². The average Bonchev–Trinajstić information content (AvgIpc) is 2.66. The van der Waals surface area contributed by atoms with Crippen molar-refractivity contribution in [1.29, 1.82) is 0 Å². The van der Waals surface area contributed by atoms with Gasteiger partial charge in [0.25, 0.3) is 0 Å². The van der Waals surface area contributed by atoms with Crippen molar-refractivity contribution in [2.75, 3.05) is 7.11 Å². The van der Waals surface area contributed by atoms with E-state index >= 15 is 0 Å². The van der Waals surface area contributed by atoms with Gasteiger partial charge in [-0.25, -0.2) is 0 Å². The summed E-state index contributed by atoms with van der Waals surface area (Å²) < 4.78 is 5.34. The zero-order valence-electron chi connectivity index (χ0n) is 14.4. The van der Waals surface area contributed by atoms with Gasteiger partial charge in [-0.3, -0.25) is 4.79 Å². The number of hydrogen-bond acceptors (Lipinski definition) is 2. The van der Waals surface area contributed by atoms with E-state index in [-0.39, 0.29) is 6.42 Å². The molecule has 0 aromatic heterocycles. The van der Waals surface area contributed by atoms with Gasteiger partial charge in [0.2, 0.25) is 0 Å². The lowest BCUT2D eigenvalue weighted by Gasteiger charge is -2.15. The van der Waals surface area contributed by atoms with Crippen molar-refractivity contribution in [1.82, 2.24) is 0 Å². The lowest BCUT2D eigenvalue weighted by molar-refractivity contribution is -0.136. The van der Waals surface area contributed by atoms with Crippen LogP contribution in [0.2, 0.25) is 0 Å². The van der Waals surface area contributed by atoms with Crippen LogP contribution in [-0.4, -0.2) is 18.2 Å². The molecule has 0 saturated heterocycles. The molecule has 1 N–H and O–H groups in total. The minimum Gasteiger partial charge on any atom is -0.497 e. The monoisotopic (exact) mass is 342 g/mol. The number of ether oxygens (including phenoxy) is 1. The Balaban J connectivity index is 2.07. The van der Waals surface area contributed by atoms with Gasteiger partial charge in [0.1, 0.15) is 5.75 Å². The van der Waals surface area contributed by atoms with Gasteiger partial charge in [-0.2, -0.15) is 0 Å². The molecule has 0 fully saturated rings. The molecule has 3 nitrogen and oxygen atoms in total. The molecule has 0 atom stereocenters. The molecule has 0 aliphatic heterocycles. The molecule has 4 aromatic carbocycles. The van der Waals surface area contributed by atoms with Crippen molar-refractivity contribution in [3.05, 3.63) is 78.4 Å². The van der Waals surface area contributed by atoms with Gasteiger partial charge in [0.05, 0.1) is 13.5 Å². The molecule has 4 rings (SSSR count). The lowest BCUT2D eigenvalue weighted by atomic mass is 9.89. The van der Waals surface area contributed by atoms with E-state index in [2.05, 4.69) is 18.2 Å². The van der Waals surface area contributed by atoms with Crippen molar-refractivity contribution < 1.29 is 14.6 Å². The molecule has 26 heavy (non-hydrogen) atoms. The summed E-state index contributed by atoms with van der Waals surface area (Å²) in [6.45, 7) is 0. The van der Waals surface area contributed by atoms with Gasteiger partial charge < -0.3 is 9.84 Å². The molecule has 0 aliphatic rings. The van der Waals surface area contributed by atoms with E-state index in [1.54, 1.807) is 7.11 Å². The largest absolute Gasteiger partial charge is 0.497 e. The van der Waals surface area contributed by atoms with Crippen LogP contribution in [0.25, 0.3) is 32.7 Å². The summed E-state index contributed by atoms with van der Waals surface area (Å²) in [5, 5.41) is 13.7. The highest BCUT2D eigenvalue weighted by atomic mass is 16.5. The van der Waals surface area contributed by atoms with Crippen molar-refractivity contribution >= 4 is 27.5 Å². The summed E-state index contributed by atoms with van der Waals surface area (Å²) in [5.74, 6) is -0.0261. The normalized spacial score (nSPS) is 11.0. The van der Waals surface area contributed by atoms with Gasteiger partial charge in [-0.1, -0.05) is 60.7 Å². The topological polar surface area (TPSA) is 46.5 Å². The summed E-state index contributed by atoms with van der Waals surface area (Å²) in [5.41, 5.74) is 2.85. The highest BCUT2D eigenvalue weighted by Gasteiger charge is 2.15. The van der Waals surface area contributed by atoms with Crippen LogP contribution in [0.4, 0.5) is 0 Å². The summed E-state index contributed by atoms with van der Waals surface area (Å²) in [6.07, 6.45) is -0.00723. The molecule has 0 aliphatic carbocycles. The Labute approximate surface area is 151 Å². The molecule has 128 valence electrons. The van der Waals surface area contributed by atoms with Crippen LogP contribution in [0.3, 0.4) is 0 Å². The Bertz CT molecular complexity index is 1130. The van der Waals surface area contributed by atoms with Crippen LogP contribution in [0.5, 0.6) is 5.75 Å². The maximum atomic E-state index is 11.4. The van der Waals surface area contributed by atoms with Crippen LogP contribution in [0, 0.1) is 0 Å². The second kappa shape index (κ2) is 6.52. The molecule has 0 unspecified atom stereocenters. The predicted octanol–water partition coefficient (Wildman–Crippen LogP) is 5.30. The van der Waals surface area contributed by atoms with E-state index < -0.39 is 5.97 Å². The van der Waals surface area contributed by atoms with Gasteiger partial charge in [0, 0.05) is 0 Å². The first kappa shape index (κ1) is 16.2. The summed E-state index contributed by atoms with van der Waals surface area (Å²) in [6, 6.07) is 24.1. The van der Waals surface area contributed by atoms with Crippen LogP contribution in [-0.2, 0) is 11.2 Å². The number of methoxy groups -OCH3 is 1. The zero-order valence-corrected chi connectivity index (χ0v) is 14.4. The highest BCUT2D eigenvalue weighted by molar-refractivity contribution is 6.07. The van der Waals surface area contributed by atoms with Crippen molar-refractivity contribution in [3.8, 4) is 16.9 Å². The maximum absolute atomic E-state index is 11.4. The number of fused-ring (bicyclic) bond motifs is 2. The molecule has 0 heterocycles. The minimum atomic E-state index is -0.830. The van der Waals surface area contributed by atoms with Crippen LogP contribution >= 0.6 is 0 Å². The van der Waals surface area contributed by atoms with E-state index in [9.17, 15) is 9.90 Å². The SMILES string of the molecule is COc1ccc2c(-c3c(CC(=O)O)ccc4ccccc34)cccc2c1. The quantitative estimate of drug-likeness (QED) is 0.548. The highest BCUT2D eigenvalue weighted by Crippen LogP contribution is 2.37. The predicted molar refractivity (Wildman–Crippen MR) is 105 cm³/mol. The molecule has 3 heteroatoms. The zero-order chi connectivity index (χ0) is 18.1. The van der Waals surface area contributed by atoms with Gasteiger partial charge in [-0.15, -0.1) is 0 Å². The Hall–Kier alpha value is -3.33. The Morgan fingerprint density at radius 3 is 2.50 bits per heavy atom. The first-order valence-corrected chi connectivity index (χ1v) is 8.47. The molecule has 0 saturated carbocycles. The lowest BCUT2D eigenvalue weighted by Crippen LogP contribution is -2.02. The van der Waals surface area contributed by atoms with Gasteiger partial charge in [-0.05, 0) is 50.4 Å². The fourth-order valence-electron chi connectivity index (χ4n) is 3.55. The minimum absolute atomic E-state index is 0.00723. The molecule has 0 bridgehead atoms. The number of carbonyl (C=O) groups is 1. The average molecular weight is 342 g/mol. The molecule has 0 amide bonds. The summed E-state index contributed by atoms with van der Waals surface area (Å²) >= 11 is 0. The molecular weight excluding hydrogens is 324 g/mol. The van der Waals surface area contributed by atoms with E-state index in [4.69, 9.17) is 4.74 Å². The number of aliphatic carboxylic acids is 1. The van der Waals surface area contributed by atoms with Crippen molar-refractivity contribution in [3.63, 3.8) is 0 Å². The van der Waals surface area contributed by atoms with E-state index in [1.165, 1.54) is 0 Å². The second-order valence-corrected chi connectivity index (χ2v) is 6.28. The van der Waals surface area contributed by atoms with Crippen molar-refractivity contribution in [2.24, 2.45) is 0 Å². The fraction of sp³-hybridized carbons (Fsp3) is 0.0870. The number of carboxylic acid groups (broad SMARTS) is 1. The number of rotatable bonds is 4. The Morgan fingerprint density at radius 1 is 0.885 bits per heavy atom. The van der Waals surface area contributed by atoms with Gasteiger partial charge in [0.15, 0.2) is 0 Å². The molecule has 0 spiro atoms. The van der Waals surface area contributed by atoms with Gasteiger partial charge >= 0.3 is 5.97 Å². The third-order valence-electron chi connectivity index (χ3n) is 4.71. The number of carboxylic acids is 1. The van der Waals surface area contributed by atoms with Crippen LogP contribution in [0.15, 0.2) is 72.8 Å². The maximum Gasteiger partial charge on any atom is 0.307 e. The standard InChI is InChI=1S/C23H18O3/c1-26-18-11-12-19-16(13-18)6-4-8-21(19)23-17(14-22(24)25)10-9-15-5-2-3-7-20(15)23/h2-13H,14H2,1H3,(H,24,25).